The number of methoxy groups -OCH3 is 1. The number of nitrogens with one attached hydrogen (secondary N) is 1. The summed E-state index contributed by atoms with van der Waals surface area (Å²) >= 11 is 1.59. The minimum Gasteiger partial charge on any atom is -0.496 e. The van der Waals surface area contributed by atoms with Crippen LogP contribution < -0.4 is 9.46 Å². The predicted molar refractivity (Wildman–Crippen MR) is 121 cm³/mol. The van der Waals surface area contributed by atoms with Gasteiger partial charge in [0.2, 0.25) is 10.0 Å². The fourth-order valence-electron chi connectivity index (χ4n) is 3.28. The summed E-state index contributed by atoms with van der Waals surface area (Å²) in [5.74, 6) is 0.553. The maximum absolute atomic E-state index is 13.3. The van der Waals surface area contributed by atoms with E-state index in [2.05, 4.69) is 4.72 Å². The average Bonchev–Trinajstić information content (AvgIpc) is 3.43. The molecule has 3 aromatic rings. The Bertz CT molecular complexity index is 1140. The topological polar surface area (TPSA) is 75.7 Å². The highest BCUT2D eigenvalue weighted by molar-refractivity contribution is 7.89. The first kappa shape index (κ1) is 21.5. The van der Waals surface area contributed by atoms with Crippen LogP contribution >= 0.6 is 11.3 Å². The van der Waals surface area contributed by atoms with Gasteiger partial charge in [-0.3, -0.25) is 4.79 Å². The van der Waals surface area contributed by atoms with E-state index in [0.29, 0.717) is 18.7 Å². The number of ether oxygens (including phenoxy) is 1. The number of sulfonamides is 1. The van der Waals surface area contributed by atoms with Gasteiger partial charge >= 0.3 is 0 Å². The van der Waals surface area contributed by atoms with Crippen molar-refractivity contribution in [2.45, 2.75) is 36.9 Å². The maximum Gasteiger partial charge on any atom is 0.254 e. The summed E-state index contributed by atoms with van der Waals surface area (Å²) in [5, 5.41) is 1.98. The maximum atomic E-state index is 13.3. The highest BCUT2D eigenvalue weighted by atomic mass is 32.2. The van der Waals surface area contributed by atoms with Gasteiger partial charge < -0.3 is 9.64 Å². The van der Waals surface area contributed by atoms with Crippen molar-refractivity contribution in [1.29, 1.82) is 0 Å². The molecule has 0 atom stereocenters. The van der Waals surface area contributed by atoms with Gasteiger partial charge in [-0.2, -0.15) is 0 Å². The molecule has 1 fully saturated rings. The Hall–Kier alpha value is -2.68. The van der Waals surface area contributed by atoms with Crippen LogP contribution in [0.3, 0.4) is 0 Å². The summed E-state index contributed by atoms with van der Waals surface area (Å²) < 4.78 is 32.9. The van der Waals surface area contributed by atoms with Crippen molar-refractivity contribution >= 4 is 27.3 Å². The lowest BCUT2D eigenvalue weighted by molar-refractivity contribution is 0.0730. The molecule has 4 rings (SSSR count). The van der Waals surface area contributed by atoms with Gasteiger partial charge in [0, 0.05) is 22.0 Å². The minimum absolute atomic E-state index is 0.0356. The van der Waals surface area contributed by atoms with E-state index < -0.39 is 10.0 Å². The zero-order valence-corrected chi connectivity index (χ0v) is 18.8. The molecule has 1 aromatic heterocycles. The molecule has 0 saturated heterocycles. The molecule has 162 valence electrons. The summed E-state index contributed by atoms with van der Waals surface area (Å²) in [6.07, 6.45) is 1.74. The summed E-state index contributed by atoms with van der Waals surface area (Å²) in [4.78, 5) is 16.3. The zero-order valence-electron chi connectivity index (χ0n) is 17.2. The molecule has 6 nitrogen and oxygen atoms in total. The molecule has 8 heteroatoms. The van der Waals surface area contributed by atoms with E-state index in [0.717, 1.165) is 29.0 Å². The summed E-state index contributed by atoms with van der Waals surface area (Å²) in [6.45, 7) is 0.835. The van der Waals surface area contributed by atoms with Crippen LogP contribution in [-0.2, 0) is 23.1 Å². The summed E-state index contributed by atoms with van der Waals surface area (Å²) in [7, 11) is -1.94. The van der Waals surface area contributed by atoms with Gasteiger partial charge in [-0.05, 0) is 54.6 Å². The third-order valence-corrected chi connectivity index (χ3v) is 7.48. The number of carbonyl (C=O) groups is 1. The minimum atomic E-state index is -3.55. The van der Waals surface area contributed by atoms with Gasteiger partial charge in [-0.15, -0.1) is 11.3 Å². The number of carbonyl (C=O) groups excluding carboxylic acids is 1. The first-order chi connectivity index (χ1) is 15.0. The Kier molecular flexibility index (Phi) is 6.41. The number of hydrogen-bond acceptors (Lipinski definition) is 5. The Morgan fingerprint density at radius 2 is 1.81 bits per heavy atom. The molecule has 1 aliphatic rings. The molecule has 1 N–H and O–H groups in total. The van der Waals surface area contributed by atoms with E-state index in [1.54, 1.807) is 35.5 Å². The van der Waals surface area contributed by atoms with Crippen molar-refractivity contribution in [2.24, 2.45) is 0 Å². The molecule has 0 aliphatic heterocycles. The molecule has 1 amide bonds. The third-order valence-electron chi connectivity index (χ3n) is 5.08. The highest BCUT2D eigenvalue weighted by Gasteiger charge is 2.28. The number of benzene rings is 2. The lowest BCUT2D eigenvalue weighted by Gasteiger charge is -2.23. The van der Waals surface area contributed by atoms with Crippen molar-refractivity contribution in [3.8, 4) is 5.75 Å². The van der Waals surface area contributed by atoms with Crippen LogP contribution in [0.1, 0.15) is 33.6 Å². The molecule has 1 aliphatic carbocycles. The summed E-state index contributed by atoms with van der Waals surface area (Å²) in [5.41, 5.74) is 1.35. The number of thiophene rings is 1. The monoisotopic (exact) mass is 456 g/mol. The van der Waals surface area contributed by atoms with Crippen molar-refractivity contribution in [2.75, 3.05) is 7.11 Å². The molecule has 1 heterocycles. The van der Waals surface area contributed by atoms with Gasteiger partial charge in [0.15, 0.2) is 0 Å². The molecular weight excluding hydrogens is 432 g/mol. The second kappa shape index (κ2) is 9.21. The van der Waals surface area contributed by atoms with Crippen LogP contribution in [0.2, 0.25) is 0 Å². The van der Waals surface area contributed by atoms with Crippen LogP contribution in [0.15, 0.2) is 70.9 Å². The third kappa shape index (κ3) is 5.33. The molecule has 0 bridgehead atoms. The summed E-state index contributed by atoms with van der Waals surface area (Å²) in [6, 6.07) is 17.7. The molecule has 31 heavy (non-hydrogen) atoms. The Morgan fingerprint density at radius 1 is 1.06 bits per heavy atom. The Morgan fingerprint density at radius 3 is 2.45 bits per heavy atom. The van der Waals surface area contributed by atoms with Crippen LogP contribution in [0.4, 0.5) is 0 Å². The van der Waals surface area contributed by atoms with Gasteiger partial charge in [-0.25, -0.2) is 13.1 Å². The van der Waals surface area contributed by atoms with Crippen molar-refractivity contribution < 1.29 is 17.9 Å². The normalized spacial score (nSPS) is 13.7. The number of amides is 1. The van der Waals surface area contributed by atoms with Gasteiger partial charge in [0.1, 0.15) is 5.75 Å². The molecule has 1 saturated carbocycles. The van der Waals surface area contributed by atoms with E-state index in [-0.39, 0.29) is 16.8 Å². The number of rotatable bonds is 9. The van der Waals surface area contributed by atoms with Gasteiger partial charge in [0.25, 0.3) is 5.91 Å². The predicted octanol–water partition coefficient (Wildman–Crippen LogP) is 4.04. The largest absolute Gasteiger partial charge is 0.496 e. The van der Waals surface area contributed by atoms with Crippen molar-refractivity contribution in [3.05, 3.63) is 82.0 Å². The highest BCUT2D eigenvalue weighted by Crippen LogP contribution is 2.24. The second-order valence-corrected chi connectivity index (χ2v) is 10.2. The first-order valence-electron chi connectivity index (χ1n) is 10.0. The standard InChI is InChI=1S/C23H24N2O4S2/c1-29-22-7-3-2-5-18(22)15-25(16-20-6-4-14-30-20)23(26)17-8-12-21(13-9-17)31(27,28)24-19-10-11-19/h2-9,12-14,19,24H,10-11,15-16H2,1H3. The Labute approximate surface area is 186 Å². The fourth-order valence-corrected chi connectivity index (χ4v) is 5.30. The average molecular weight is 457 g/mol. The van der Waals surface area contributed by atoms with Gasteiger partial charge in [0.05, 0.1) is 25.1 Å². The lowest BCUT2D eigenvalue weighted by Crippen LogP contribution is -2.30. The molecule has 0 unspecified atom stereocenters. The quantitative estimate of drug-likeness (QED) is 0.527. The lowest BCUT2D eigenvalue weighted by atomic mass is 10.1. The van der Waals surface area contributed by atoms with Crippen LogP contribution in [0.25, 0.3) is 0 Å². The Balaban J connectivity index is 1.57. The second-order valence-electron chi connectivity index (χ2n) is 7.47. The van der Waals surface area contributed by atoms with E-state index in [1.165, 1.54) is 12.1 Å². The van der Waals surface area contributed by atoms with E-state index in [4.69, 9.17) is 4.74 Å². The van der Waals surface area contributed by atoms with Crippen molar-refractivity contribution in [1.82, 2.24) is 9.62 Å². The van der Waals surface area contributed by atoms with Crippen LogP contribution in [-0.4, -0.2) is 32.4 Å². The number of nitrogens with zero attached hydrogens (tertiary/aromatic N) is 1. The SMILES string of the molecule is COc1ccccc1CN(Cc1cccs1)C(=O)c1ccc(S(=O)(=O)NC2CC2)cc1. The molecular formula is C23H24N2O4S2. The fraction of sp³-hybridized carbons (Fsp3) is 0.261. The first-order valence-corrected chi connectivity index (χ1v) is 12.4. The van der Waals surface area contributed by atoms with E-state index in [1.807, 2.05) is 41.8 Å². The number of hydrogen-bond donors (Lipinski definition) is 1. The van der Waals surface area contributed by atoms with Crippen molar-refractivity contribution in [3.63, 3.8) is 0 Å². The zero-order chi connectivity index (χ0) is 21.8. The van der Waals surface area contributed by atoms with E-state index >= 15 is 0 Å². The molecule has 0 radical (unpaired) electrons. The smallest absolute Gasteiger partial charge is 0.254 e. The van der Waals surface area contributed by atoms with Crippen LogP contribution in [0, 0.1) is 0 Å². The molecule has 2 aromatic carbocycles. The van der Waals surface area contributed by atoms with Gasteiger partial charge in [-0.1, -0.05) is 24.3 Å². The molecule has 0 spiro atoms. The number of para-hydroxylation sites is 1. The van der Waals surface area contributed by atoms with Crippen LogP contribution in [0.5, 0.6) is 5.75 Å². The van der Waals surface area contributed by atoms with E-state index in [9.17, 15) is 13.2 Å².